The van der Waals surface area contributed by atoms with Crippen LogP contribution in [0.15, 0.2) is 59.5 Å². The zero-order valence-corrected chi connectivity index (χ0v) is 24.5. The number of ketones is 1. The van der Waals surface area contributed by atoms with Crippen molar-refractivity contribution in [2.24, 2.45) is 0 Å². The van der Waals surface area contributed by atoms with Gasteiger partial charge in [-0.15, -0.1) is 11.8 Å². The lowest BCUT2D eigenvalue weighted by atomic mass is 10.00. The average Bonchev–Trinajstić information content (AvgIpc) is 3.21. The van der Waals surface area contributed by atoms with Gasteiger partial charge in [0.1, 0.15) is 10.9 Å². The Hall–Kier alpha value is -3.62. The number of methoxy groups -OCH3 is 1. The Labute approximate surface area is 234 Å². The molecule has 2 heterocycles. The van der Waals surface area contributed by atoms with E-state index in [2.05, 4.69) is 9.88 Å². The highest BCUT2D eigenvalue weighted by Crippen LogP contribution is 2.31. The summed E-state index contributed by atoms with van der Waals surface area (Å²) >= 11 is 1.32. The molecule has 0 amide bonds. The van der Waals surface area contributed by atoms with Gasteiger partial charge in [-0.1, -0.05) is 44.2 Å². The van der Waals surface area contributed by atoms with Crippen LogP contribution in [0.3, 0.4) is 0 Å². The number of nitrogens with one attached hydrogen (secondary N) is 1. The molecule has 2 N–H and O–H groups in total. The summed E-state index contributed by atoms with van der Waals surface area (Å²) in [6, 6.07) is 17.3. The molecule has 0 radical (unpaired) electrons. The van der Waals surface area contributed by atoms with Crippen molar-refractivity contribution < 1.29 is 19.4 Å². The highest BCUT2D eigenvalue weighted by Gasteiger charge is 2.23. The van der Waals surface area contributed by atoms with E-state index in [0.29, 0.717) is 29.2 Å². The molecule has 0 saturated carbocycles. The van der Waals surface area contributed by atoms with Gasteiger partial charge in [-0.3, -0.25) is 9.59 Å². The quantitative estimate of drug-likeness (QED) is 0.179. The lowest BCUT2D eigenvalue weighted by Gasteiger charge is -2.13. The molecule has 0 aliphatic rings. The Morgan fingerprint density at radius 1 is 1.08 bits per heavy atom. The van der Waals surface area contributed by atoms with Crippen molar-refractivity contribution in [3.05, 3.63) is 88.1 Å². The second-order valence-corrected chi connectivity index (χ2v) is 10.4. The van der Waals surface area contributed by atoms with E-state index in [4.69, 9.17) is 9.72 Å². The standard InChI is InChI=1S/C29H31N3O4S.C2H6/c1-17-14-23(37-19(3)29(34)35)11-10-22(17)16-32-18(2)26(24-12-13-25(36-5)31-28(24)32)27(33)21-8-6-20(7-9-21)15-30-4;1-2/h6-14,19,30H,15-16H2,1-5H3,(H,34,35);1-2H3. The summed E-state index contributed by atoms with van der Waals surface area (Å²) in [6.45, 7) is 10.9. The van der Waals surface area contributed by atoms with E-state index >= 15 is 0 Å². The summed E-state index contributed by atoms with van der Waals surface area (Å²) in [5, 5.41) is 12.6. The summed E-state index contributed by atoms with van der Waals surface area (Å²) < 4.78 is 7.44. The minimum absolute atomic E-state index is 0.0460. The number of carbonyl (C=O) groups is 2. The number of benzene rings is 2. The molecule has 0 aliphatic carbocycles. The molecule has 206 valence electrons. The minimum Gasteiger partial charge on any atom is -0.481 e. The molecule has 8 heteroatoms. The monoisotopic (exact) mass is 547 g/mol. The van der Waals surface area contributed by atoms with E-state index < -0.39 is 11.2 Å². The summed E-state index contributed by atoms with van der Waals surface area (Å²) in [6.07, 6.45) is 0. The van der Waals surface area contributed by atoms with Crippen LogP contribution in [0.5, 0.6) is 5.88 Å². The number of thioether (sulfide) groups is 1. The van der Waals surface area contributed by atoms with Gasteiger partial charge >= 0.3 is 5.97 Å². The molecule has 2 aromatic carbocycles. The Kier molecular flexibility index (Phi) is 10.3. The first kappa shape index (κ1) is 29.9. The molecule has 1 unspecified atom stereocenters. The van der Waals surface area contributed by atoms with Gasteiger partial charge in [0.25, 0.3) is 0 Å². The number of pyridine rings is 1. The third kappa shape index (κ3) is 6.69. The predicted molar refractivity (Wildman–Crippen MR) is 158 cm³/mol. The summed E-state index contributed by atoms with van der Waals surface area (Å²) in [7, 11) is 3.47. The Bertz CT molecular complexity index is 1460. The predicted octanol–water partition coefficient (Wildman–Crippen LogP) is 6.25. The van der Waals surface area contributed by atoms with Crippen LogP contribution in [0.2, 0.25) is 0 Å². The van der Waals surface area contributed by atoms with Gasteiger partial charge in [0.05, 0.1) is 12.7 Å². The molecule has 1 atom stereocenters. The molecule has 0 bridgehead atoms. The van der Waals surface area contributed by atoms with Crippen LogP contribution >= 0.6 is 11.8 Å². The van der Waals surface area contributed by atoms with E-state index in [1.165, 1.54) is 11.8 Å². The largest absolute Gasteiger partial charge is 0.481 e. The summed E-state index contributed by atoms with van der Waals surface area (Å²) in [4.78, 5) is 30.6. The Balaban J connectivity index is 0.00000205. The first-order chi connectivity index (χ1) is 18.7. The van der Waals surface area contributed by atoms with Gasteiger partial charge in [-0.2, -0.15) is 4.98 Å². The number of carboxylic acid groups (broad SMARTS) is 1. The maximum absolute atomic E-state index is 13.7. The van der Waals surface area contributed by atoms with Crippen LogP contribution in [-0.4, -0.2) is 45.8 Å². The number of aromatic nitrogens is 2. The number of fused-ring (bicyclic) bond motifs is 1. The molecular formula is C31H37N3O4S. The van der Waals surface area contributed by atoms with Crippen molar-refractivity contribution in [3.8, 4) is 5.88 Å². The third-order valence-electron chi connectivity index (χ3n) is 6.48. The van der Waals surface area contributed by atoms with Gasteiger partial charge in [-0.05, 0) is 62.7 Å². The first-order valence-corrected chi connectivity index (χ1v) is 13.9. The number of rotatable bonds is 10. The molecular weight excluding hydrogens is 510 g/mol. The number of ether oxygens (including phenoxy) is 1. The van der Waals surface area contributed by atoms with Crippen LogP contribution in [0.4, 0.5) is 0 Å². The highest BCUT2D eigenvalue weighted by molar-refractivity contribution is 8.00. The lowest BCUT2D eigenvalue weighted by molar-refractivity contribution is -0.136. The number of carbonyl (C=O) groups excluding carboxylic acids is 1. The molecule has 0 spiro atoms. The number of hydrogen-bond acceptors (Lipinski definition) is 6. The van der Waals surface area contributed by atoms with E-state index in [9.17, 15) is 14.7 Å². The van der Waals surface area contributed by atoms with Gasteiger partial charge in [0, 0.05) is 40.7 Å². The second kappa shape index (κ2) is 13.4. The van der Waals surface area contributed by atoms with Crippen molar-refractivity contribution in [2.45, 2.75) is 57.9 Å². The number of nitrogens with zero attached hydrogens (tertiary/aromatic N) is 2. The minimum atomic E-state index is -0.838. The molecule has 4 rings (SSSR count). The van der Waals surface area contributed by atoms with Crippen molar-refractivity contribution >= 4 is 34.5 Å². The summed E-state index contributed by atoms with van der Waals surface area (Å²) in [5.74, 6) is -0.404. The van der Waals surface area contributed by atoms with E-state index in [1.54, 1.807) is 20.1 Å². The molecule has 2 aromatic heterocycles. The number of carboxylic acids is 1. The maximum Gasteiger partial charge on any atom is 0.316 e. The van der Waals surface area contributed by atoms with E-state index in [-0.39, 0.29) is 5.78 Å². The van der Waals surface area contributed by atoms with Crippen molar-refractivity contribution in [3.63, 3.8) is 0 Å². The SMILES string of the molecule is CC.CNCc1ccc(C(=O)c2c(C)n(Cc3ccc(SC(C)C(=O)O)cc3C)c3nc(OC)ccc23)cc1. The normalized spacial score (nSPS) is 11.6. The van der Waals surface area contributed by atoms with Gasteiger partial charge in [0.15, 0.2) is 5.78 Å². The van der Waals surface area contributed by atoms with Crippen LogP contribution in [-0.2, 0) is 17.9 Å². The lowest BCUT2D eigenvalue weighted by Crippen LogP contribution is -2.11. The Morgan fingerprint density at radius 3 is 2.36 bits per heavy atom. The van der Waals surface area contributed by atoms with Crippen LogP contribution in [0, 0.1) is 13.8 Å². The summed E-state index contributed by atoms with van der Waals surface area (Å²) in [5.41, 5.74) is 5.99. The van der Waals surface area contributed by atoms with Crippen molar-refractivity contribution in [2.75, 3.05) is 14.2 Å². The van der Waals surface area contributed by atoms with Crippen molar-refractivity contribution in [1.29, 1.82) is 0 Å². The molecule has 0 aliphatic heterocycles. The smallest absolute Gasteiger partial charge is 0.316 e. The zero-order valence-electron chi connectivity index (χ0n) is 23.7. The molecule has 39 heavy (non-hydrogen) atoms. The number of aliphatic carboxylic acids is 1. The Morgan fingerprint density at radius 2 is 1.77 bits per heavy atom. The first-order valence-electron chi connectivity index (χ1n) is 13.0. The fraction of sp³-hybridized carbons (Fsp3) is 0.323. The number of aryl methyl sites for hydroxylation is 1. The van der Waals surface area contributed by atoms with E-state index in [1.807, 2.05) is 83.3 Å². The fourth-order valence-corrected chi connectivity index (χ4v) is 5.28. The molecule has 7 nitrogen and oxygen atoms in total. The molecule has 4 aromatic rings. The van der Waals surface area contributed by atoms with E-state index in [0.717, 1.165) is 39.2 Å². The van der Waals surface area contributed by atoms with Gasteiger partial charge < -0.3 is 19.7 Å². The van der Waals surface area contributed by atoms with Crippen LogP contribution in [0.25, 0.3) is 11.0 Å². The average molecular weight is 548 g/mol. The van der Waals surface area contributed by atoms with Crippen LogP contribution in [0.1, 0.15) is 59.1 Å². The topological polar surface area (TPSA) is 93.5 Å². The van der Waals surface area contributed by atoms with Gasteiger partial charge in [-0.25, -0.2) is 0 Å². The number of hydrogen-bond donors (Lipinski definition) is 2. The van der Waals surface area contributed by atoms with Gasteiger partial charge in [0.2, 0.25) is 5.88 Å². The zero-order chi connectivity index (χ0) is 28.7. The van der Waals surface area contributed by atoms with Crippen LogP contribution < -0.4 is 10.1 Å². The maximum atomic E-state index is 13.7. The highest BCUT2D eigenvalue weighted by atomic mass is 32.2. The third-order valence-corrected chi connectivity index (χ3v) is 7.56. The fourth-order valence-electron chi connectivity index (χ4n) is 4.38. The van der Waals surface area contributed by atoms with Crippen molar-refractivity contribution in [1.82, 2.24) is 14.9 Å². The molecule has 0 fully saturated rings. The molecule has 0 saturated heterocycles. The second-order valence-electron chi connectivity index (χ2n) is 9.01.